The molecule has 0 radical (unpaired) electrons. The number of nitrogens with zero attached hydrogens (tertiary/aromatic N) is 2. The van der Waals surface area contributed by atoms with E-state index in [0.29, 0.717) is 49.1 Å². The molecule has 7 nitrogen and oxygen atoms in total. The number of carbonyl (C=O) groups is 3. The predicted molar refractivity (Wildman–Crippen MR) is 167 cm³/mol. The first-order valence-corrected chi connectivity index (χ1v) is 14.2. The minimum absolute atomic E-state index is 0.181. The Morgan fingerprint density at radius 2 is 1.36 bits per heavy atom. The summed E-state index contributed by atoms with van der Waals surface area (Å²) in [7, 11) is 1.50. The third-order valence-corrected chi connectivity index (χ3v) is 7.81. The number of halogens is 2. The molecule has 0 unspecified atom stereocenters. The van der Waals surface area contributed by atoms with Gasteiger partial charge in [-0.3, -0.25) is 9.59 Å². The van der Waals surface area contributed by atoms with Crippen molar-refractivity contribution >= 4 is 62.8 Å². The second-order valence-electron chi connectivity index (χ2n) is 9.61. The van der Waals surface area contributed by atoms with Crippen molar-refractivity contribution in [1.82, 2.24) is 0 Å². The molecule has 1 aliphatic rings. The van der Waals surface area contributed by atoms with E-state index in [1.54, 1.807) is 68.4 Å². The van der Waals surface area contributed by atoms with Gasteiger partial charge in [-0.2, -0.15) is 0 Å². The Bertz CT molecular complexity index is 1680. The van der Waals surface area contributed by atoms with E-state index in [9.17, 15) is 14.4 Å². The van der Waals surface area contributed by atoms with Crippen LogP contribution in [-0.2, 0) is 16.2 Å². The Morgan fingerprint density at radius 1 is 0.810 bits per heavy atom. The number of urea groups is 1. The van der Waals surface area contributed by atoms with Crippen LogP contribution in [0.2, 0.25) is 5.02 Å². The predicted octanol–water partition coefficient (Wildman–Crippen LogP) is 7.89. The monoisotopic (exact) mass is 644 g/mol. The van der Waals surface area contributed by atoms with Crippen LogP contribution >= 0.6 is 27.5 Å². The second-order valence-corrected chi connectivity index (χ2v) is 10.9. The number of ether oxygens (including phenoxy) is 2. The highest BCUT2D eigenvalue weighted by Gasteiger charge is 2.44. The lowest BCUT2D eigenvalue weighted by Gasteiger charge is -2.35. The van der Waals surface area contributed by atoms with Gasteiger partial charge in [-0.1, -0.05) is 66.2 Å². The minimum Gasteiger partial charge on any atom is -0.493 e. The van der Waals surface area contributed by atoms with Crippen molar-refractivity contribution in [3.05, 3.63) is 122 Å². The molecular weight excluding hydrogens is 620 g/mol. The second kappa shape index (κ2) is 12.2. The van der Waals surface area contributed by atoms with Crippen LogP contribution in [0.1, 0.15) is 22.3 Å². The van der Waals surface area contributed by atoms with Crippen LogP contribution in [0.3, 0.4) is 0 Å². The molecule has 0 atom stereocenters. The van der Waals surface area contributed by atoms with Gasteiger partial charge in [0, 0.05) is 10.6 Å². The largest absolute Gasteiger partial charge is 0.493 e. The van der Waals surface area contributed by atoms with Crippen LogP contribution in [0, 0.1) is 13.8 Å². The number of hydrogen-bond acceptors (Lipinski definition) is 5. The Balaban J connectivity index is 1.58. The van der Waals surface area contributed by atoms with Crippen molar-refractivity contribution in [2.24, 2.45) is 0 Å². The van der Waals surface area contributed by atoms with Crippen molar-refractivity contribution in [2.75, 3.05) is 16.9 Å². The maximum atomic E-state index is 13.9. The fourth-order valence-electron chi connectivity index (χ4n) is 4.68. The van der Waals surface area contributed by atoms with Crippen LogP contribution in [0.5, 0.6) is 11.5 Å². The lowest BCUT2D eigenvalue weighted by Crippen LogP contribution is -2.57. The number of rotatable bonds is 7. The van der Waals surface area contributed by atoms with E-state index in [0.717, 1.165) is 15.4 Å². The van der Waals surface area contributed by atoms with Gasteiger partial charge in [0.2, 0.25) is 0 Å². The minimum atomic E-state index is -0.743. The fraction of sp³-hybridized carbons (Fsp3) is 0.121. The summed E-state index contributed by atoms with van der Waals surface area (Å²) >= 11 is 9.82. The number of hydrogen-bond donors (Lipinski definition) is 0. The first kappa shape index (κ1) is 29.1. The van der Waals surface area contributed by atoms with Gasteiger partial charge < -0.3 is 9.47 Å². The molecule has 0 bridgehead atoms. The highest BCUT2D eigenvalue weighted by atomic mass is 79.9. The highest BCUT2D eigenvalue weighted by molar-refractivity contribution is 9.10. The van der Waals surface area contributed by atoms with Gasteiger partial charge in [-0.15, -0.1) is 0 Å². The quantitative estimate of drug-likeness (QED) is 0.151. The van der Waals surface area contributed by atoms with E-state index in [4.69, 9.17) is 21.1 Å². The maximum absolute atomic E-state index is 13.9. The smallest absolute Gasteiger partial charge is 0.343 e. The summed E-state index contributed by atoms with van der Waals surface area (Å²) in [6, 6.07) is 24.1. The van der Waals surface area contributed by atoms with Gasteiger partial charge in [-0.05, 0) is 82.9 Å². The van der Waals surface area contributed by atoms with Crippen molar-refractivity contribution in [3.8, 4) is 11.5 Å². The third kappa shape index (κ3) is 5.55. The van der Waals surface area contributed by atoms with E-state index in [1.807, 2.05) is 30.3 Å². The Labute approximate surface area is 257 Å². The van der Waals surface area contributed by atoms with Crippen LogP contribution in [0.25, 0.3) is 6.08 Å². The van der Waals surface area contributed by atoms with Crippen LogP contribution < -0.4 is 19.3 Å². The van der Waals surface area contributed by atoms with Crippen molar-refractivity contribution in [3.63, 3.8) is 0 Å². The molecule has 4 amide bonds. The molecule has 0 N–H and O–H groups in total. The maximum Gasteiger partial charge on any atom is 0.343 e. The van der Waals surface area contributed by atoms with E-state index >= 15 is 0 Å². The van der Waals surface area contributed by atoms with Crippen LogP contribution in [-0.4, -0.2) is 25.0 Å². The summed E-state index contributed by atoms with van der Waals surface area (Å²) < 4.78 is 12.2. The highest BCUT2D eigenvalue weighted by Crippen LogP contribution is 2.39. The molecule has 4 aromatic carbocycles. The molecule has 4 aromatic rings. The van der Waals surface area contributed by atoms with Gasteiger partial charge in [0.1, 0.15) is 12.2 Å². The van der Waals surface area contributed by atoms with E-state index in [2.05, 4.69) is 15.9 Å². The fourth-order valence-corrected chi connectivity index (χ4v) is 5.44. The van der Waals surface area contributed by atoms with Crippen molar-refractivity contribution in [1.29, 1.82) is 0 Å². The average molecular weight is 646 g/mol. The zero-order chi connectivity index (χ0) is 30.0. The Morgan fingerprint density at radius 3 is 1.90 bits per heavy atom. The number of barbiturate groups is 1. The number of methoxy groups -OCH3 is 1. The molecule has 1 saturated heterocycles. The van der Waals surface area contributed by atoms with E-state index in [-0.39, 0.29) is 12.2 Å². The summed E-state index contributed by atoms with van der Waals surface area (Å²) in [5.74, 6) is -0.641. The number of carbonyl (C=O) groups excluding carboxylic acids is 3. The van der Waals surface area contributed by atoms with Gasteiger partial charge in [0.15, 0.2) is 11.5 Å². The summed E-state index contributed by atoms with van der Waals surface area (Å²) in [4.78, 5) is 43.6. The molecule has 0 saturated carbocycles. The number of para-hydroxylation sites is 2. The lowest BCUT2D eigenvalue weighted by atomic mass is 10.0. The van der Waals surface area contributed by atoms with Crippen molar-refractivity contribution < 1.29 is 23.9 Å². The van der Waals surface area contributed by atoms with Crippen LogP contribution in [0.15, 0.2) is 95.0 Å². The summed E-state index contributed by atoms with van der Waals surface area (Å²) in [5.41, 5.74) is 3.32. The number of amides is 4. The SMILES string of the molecule is COc1cc(C=C2C(=O)N(c3ccccc3C)C(=O)N(c3ccccc3C)C2=O)cc(Br)c1OCc1ccccc1Cl. The molecule has 1 heterocycles. The van der Waals surface area contributed by atoms with Gasteiger partial charge in [0.25, 0.3) is 11.8 Å². The molecule has 1 aliphatic heterocycles. The molecule has 42 heavy (non-hydrogen) atoms. The van der Waals surface area contributed by atoms with Gasteiger partial charge >= 0.3 is 6.03 Å². The van der Waals surface area contributed by atoms with E-state index < -0.39 is 17.8 Å². The normalized spacial score (nSPS) is 13.5. The molecule has 5 rings (SSSR count). The van der Waals surface area contributed by atoms with E-state index in [1.165, 1.54) is 13.2 Å². The number of anilines is 2. The Hall–Kier alpha value is -4.40. The zero-order valence-corrected chi connectivity index (χ0v) is 25.4. The first-order chi connectivity index (χ1) is 20.2. The Kier molecular flexibility index (Phi) is 8.47. The summed E-state index contributed by atoms with van der Waals surface area (Å²) in [6.07, 6.45) is 1.46. The number of imide groups is 2. The zero-order valence-electron chi connectivity index (χ0n) is 23.1. The van der Waals surface area contributed by atoms with Crippen LogP contribution in [0.4, 0.5) is 16.2 Å². The molecule has 1 fully saturated rings. The summed E-state index contributed by atoms with van der Waals surface area (Å²) in [5, 5.41) is 0.578. The molecule has 9 heteroatoms. The number of benzene rings is 4. The number of aryl methyl sites for hydroxylation is 2. The molecule has 0 spiro atoms. The van der Waals surface area contributed by atoms with Gasteiger partial charge in [-0.25, -0.2) is 14.6 Å². The lowest BCUT2D eigenvalue weighted by molar-refractivity contribution is -0.121. The van der Waals surface area contributed by atoms with Gasteiger partial charge in [0.05, 0.1) is 23.0 Å². The van der Waals surface area contributed by atoms with Crippen molar-refractivity contribution in [2.45, 2.75) is 20.5 Å². The standard InChI is InChI=1S/C33H26BrClN2O5/c1-20-10-4-8-14-27(20)36-31(38)24(32(39)37(33(36)40)28-15-9-5-11-21(28)2)16-22-17-25(34)30(29(18-22)41-3)42-19-23-12-6-7-13-26(23)35/h4-18H,19H2,1-3H3. The molecule has 0 aliphatic carbocycles. The molecular formula is C33H26BrClN2O5. The third-order valence-electron chi connectivity index (χ3n) is 6.85. The average Bonchev–Trinajstić information content (AvgIpc) is 2.97. The summed E-state index contributed by atoms with van der Waals surface area (Å²) in [6.45, 7) is 3.80. The topological polar surface area (TPSA) is 76.2 Å². The molecule has 212 valence electrons. The molecule has 0 aromatic heterocycles. The first-order valence-electron chi connectivity index (χ1n) is 13.0.